The van der Waals surface area contributed by atoms with Gasteiger partial charge in [-0.25, -0.2) is 0 Å². The summed E-state index contributed by atoms with van der Waals surface area (Å²) in [5.74, 6) is -1.38. The maximum absolute atomic E-state index is 11.9. The second-order valence-electron chi connectivity index (χ2n) is 5.57. The first-order valence-electron chi connectivity index (χ1n) is 6.91. The van der Waals surface area contributed by atoms with E-state index in [1.807, 2.05) is 0 Å². The standard InChI is InChI=1S/C15H22O7/c1-9(16)20-8-12-11(21-10(2)17)6-7-13(22-12)15(3,4)14(18)19-5/h6-7,11-13H,8H2,1-5H3/t11-,12+,13-/m0/s1. The van der Waals surface area contributed by atoms with Crippen LogP contribution in [0.2, 0.25) is 0 Å². The number of carbonyl (C=O) groups excluding carboxylic acids is 3. The number of hydrogen-bond donors (Lipinski definition) is 0. The molecule has 124 valence electrons. The molecule has 3 atom stereocenters. The van der Waals surface area contributed by atoms with Crippen molar-refractivity contribution in [3.05, 3.63) is 12.2 Å². The van der Waals surface area contributed by atoms with Crippen LogP contribution in [0.5, 0.6) is 0 Å². The van der Waals surface area contributed by atoms with E-state index in [4.69, 9.17) is 18.9 Å². The summed E-state index contributed by atoms with van der Waals surface area (Å²) in [6.07, 6.45) is 1.32. The van der Waals surface area contributed by atoms with Crippen LogP contribution < -0.4 is 0 Å². The molecule has 0 amide bonds. The minimum Gasteiger partial charge on any atom is -0.469 e. The number of ether oxygens (including phenoxy) is 4. The first kappa shape index (κ1) is 18.2. The van der Waals surface area contributed by atoms with Crippen LogP contribution >= 0.6 is 0 Å². The molecule has 0 saturated heterocycles. The molecule has 1 aliphatic rings. The minimum atomic E-state index is -0.930. The molecule has 0 aromatic heterocycles. The molecule has 1 aliphatic heterocycles. The highest BCUT2D eigenvalue weighted by molar-refractivity contribution is 5.77. The fraction of sp³-hybridized carbons (Fsp3) is 0.667. The Hall–Kier alpha value is -1.89. The third kappa shape index (κ3) is 4.56. The highest BCUT2D eigenvalue weighted by Gasteiger charge is 2.42. The molecule has 0 spiro atoms. The van der Waals surface area contributed by atoms with Crippen LogP contribution in [0.3, 0.4) is 0 Å². The van der Waals surface area contributed by atoms with Gasteiger partial charge < -0.3 is 18.9 Å². The van der Waals surface area contributed by atoms with Crippen LogP contribution in [0, 0.1) is 5.41 Å². The summed E-state index contributed by atoms with van der Waals surface area (Å²) in [7, 11) is 1.30. The van der Waals surface area contributed by atoms with Gasteiger partial charge in [-0.15, -0.1) is 0 Å². The van der Waals surface area contributed by atoms with E-state index < -0.39 is 41.6 Å². The topological polar surface area (TPSA) is 88.1 Å². The minimum absolute atomic E-state index is 0.0780. The third-order valence-electron chi connectivity index (χ3n) is 3.34. The molecule has 0 radical (unpaired) electrons. The molecule has 0 fully saturated rings. The van der Waals surface area contributed by atoms with Crippen molar-refractivity contribution >= 4 is 17.9 Å². The molecule has 0 N–H and O–H groups in total. The number of rotatable bonds is 5. The lowest BCUT2D eigenvalue weighted by molar-refractivity contribution is -0.178. The van der Waals surface area contributed by atoms with Crippen LogP contribution in [0.1, 0.15) is 27.7 Å². The average molecular weight is 314 g/mol. The maximum atomic E-state index is 11.9. The van der Waals surface area contributed by atoms with Gasteiger partial charge in [-0.05, 0) is 19.9 Å². The largest absolute Gasteiger partial charge is 0.469 e. The molecule has 0 bridgehead atoms. The van der Waals surface area contributed by atoms with Crippen LogP contribution in [0.25, 0.3) is 0 Å². The van der Waals surface area contributed by atoms with Gasteiger partial charge in [0.15, 0.2) is 0 Å². The summed E-state index contributed by atoms with van der Waals surface area (Å²) in [4.78, 5) is 34.0. The fourth-order valence-electron chi connectivity index (χ4n) is 2.08. The fourth-order valence-corrected chi connectivity index (χ4v) is 2.08. The quantitative estimate of drug-likeness (QED) is 0.425. The monoisotopic (exact) mass is 314 g/mol. The molecule has 22 heavy (non-hydrogen) atoms. The second-order valence-corrected chi connectivity index (χ2v) is 5.57. The molecule has 0 aliphatic carbocycles. The summed E-state index contributed by atoms with van der Waals surface area (Å²) < 4.78 is 20.6. The Morgan fingerprint density at radius 3 is 2.27 bits per heavy atom. The Kier molecular flexibility index (Phi) is 6.11. The van der Waals surface area contributed by atoms with Gasteiger partial charge >= 0.3 is 17.9 Å². The summed E-state index contributed by atoms with van der Waals surface area (Å²) in [5.41, 5.74) is -0.930. The zero-order valence-electron chi connectivity index (χ0n) is 13.5. The number of carbonyl (C=O) groups is 3. The Bertz CT molecular complexity index is 467. The van der Waals surface area contributed by atoms with E-state index in [0.29, 0.717) is 0 Å². The molecule has 0 aromatic carbocycles. The molecule has 7 nitrogen and oxygen atoms in total. The van der Waals surface area contributed by atoms with E-state index in [2.05, 4.69) is 0 Å². The van der Waals surface area contributed by atoms with Crippen molar-refractivity contribution in [2.75, 3.05) is 13.7 Å². The van der Waals surface area contributed by atoms with E-state index in [0.717, 1.165) is 0 Å². The summed E-state index contributed by atoms with van der Waals surface area (Å²) in [6, 6.07) is 0. The number of methoxy groups -OCH3 is 1. The van der Waals surface area contributed by atoms with E-state index in [-0.39, 0.29) is 6.61 Å². The lowest BCUT2D eigenvalue weighted by Crippen LogP contribution is -2.48. The second kappa shape index (κ2) is 7.40. The number of esters is 3. The SMILES string of the molecule is COC(=O)C(C)(C)[C@@H]1C=C[C@H](OC(C)=O)[C@@H](COC(C)=O)O1. The molecule has 0 saturated carbocycles. The molecule has 7 heteroatoms. The summed E-state index contributed by atoms with van der Waals surface area (Å²) in [6.45, 7) is 5.84. The van der Waals surface area contributed by atoms with Crippen molar-refractivity contribution in [1.82, 2.24) is 0 Å². The molecular weight excluding hydrogens is 292 g/mol. The van der Waals surface area contributed by atoms with Crippen molar-refractivity contribution in [2.45, 2.75) is 46.0 Å². The van der Waals surface area contributed by atoms with E-state index in [1.165, 1.54) is 21.0 Å². The predicted molar refractivity (Wildman–Crippen MR) is 75.8 cm³/mol. The Labute approximate surface area is 129 Å². The van der Waals surface area contributed by atoms with Gasteiger partial charge in [0.25, 0.3) is 0 Å². The van der Waals surface area contributed by atoms with Crippen LogP contribution in [0.4, 0.5) is 0 Å². The van der Waals surface area contributed by atoms with Crippen molar-refractivity contribution in [3.63, 3.8) is 0 Å². The molecule has 1 rings (SSSR count). The van der Waals surface area contributed by atoms with Crippen LogP contribution in [-0.4, -0.2) is 49.9 Å². The highest BCUT2D eigenvalue weighted by Crippen LogP contribution is 2.31. The van der Waals surface area contributed by atoms with E-state index in [1.54, 1.807) is 26.0 Å². The number of hydrogen-bond acceptors (Lipinski definition) is 7. The van der Waals surface area contributed by atoms with Crippen LogP contribution in [-0.2, 0) is 33.3 Å². The zero-order valence-corrected chi connectivity index (χ0v) is 13.5. The van der Waals surface area contributed by atoms with E-state index >= 15 is 0 Å². The predicted octanol–water partition coefficient (Wildman–Crippen LogP) is 1.00. The Morgan fingerprint density at radius 1 is 1.14 bits per heavy atom. The molecule has 0 aromatic rings. The van der Waals surface area contributed by atoms with Gasteiger partial charge in [-0.2, -0.15) is 0 Å². The Balaban J connectivity index is 2.91. The van der Waals surface area contributed by atoms with E-state index in [9.17, 15) is 14.4 Å². The molecule has 1 heterocycles. The molecule has 0 unspecified atom stereocenters. The lowest BCUT2D eigenvalue weighted by atomic mass is 9.84. The zero-order chi connectivity index (χ0) is 16.9. The summed E-state index contributed by atoms with van der Waals surface area (Å²) >= 11 is 0. The van der Waals surface area contributed by atoms with Crippen molar-refractivity contribution in [3.8, 4) is 0 Å². The highest BCUT2D eigenvalue weighted by atomic mass is 16.6. The first-order valence-corrected chi connectivity index (χ1v) is 6.91. The average Bonchev–Trinajstić information content (AvgIpc) is 2.44. The van der Waals surface area contributed by atoms with Gasteiger partial charge in [0.05, 0.1) is 18.6 Å². The smallest absolute Gasteiger partial charge is 0.314 e. The maximum Gasteiger partial charge on any atom is 0.314 e. The van der Waals surface area contributed by atoms with Crippen molar-refractivity contribution in [1.29, 1.82) is 0 Å². The van der Waals surface area contributed by atoms with Crippen molar-refractivity contribution < 1.29 is 33.3 Å². The first-order chi connectivity index (χ1) is 10.2. The van der Waals surface area contributed by atoms with Gasteiger partial charge in [0, 0.05) is 13.8 Å². The van der Waals surface area contributed by atoms with Crippen molar-refractivity contribution in [2.24, 2.45) is 5.41 Å². The van der Waals surface area contributed by atoms with Gasteiger partial charge in [-0.1, -0.05) is 6.08 Å². The van der Waals surface area contributed by atoms with Gasteiger partial charge in [-0.3, -0.25) is 14.4 Å². The third-order valence-corrected chi connectivity index (χ3v) is 3.34. The molecular formula is C15H22O7. The van der Waals surface area contributed by atoms with Gasteiger partial charge in [0.1, 0.15) is 18.8 Å². The van der Waals surface area contributed by atoms with Crippen LogP contribution in [0.15, 0.2) is 12.2 Å². The normalized spacial score (nSPS) is 24.5. The summed E-state index contributed by atoms with van der Waals surface area (Å²) in [5, 5.41) is 0. The lowest BCUT2D eigenvalue weighted by Gasteiger charge is -2.37. The Morgan fingerprint density at radius 2 is 1.77 bits per heavy atom. The van der Waals surface area contributed by atoms with Gasteiger partial charge in [0.2, 0.25) is 0 Å².